The summed E-state index contributed by atoms with van der Waals surface area (Å²) in [6.07, 6.45) is 2.51. The van der Waals surface area contributed by atoms with Gasteiger partial charge in [-0.05, 0) is 55.2 Å². The van der Waals surface area contributed by atoms with Gasteiger partial charge in [0.05, 0.1) is 6.61 Å². The van der Waals surface area contributed by atoms with Crippen LogP contribution in [0, 0.1) is 0 Å². The highest BCUT2D eigenvalue weighted by molar-refractivity contribution is 9.10. The predicted molar refractivity (Wildman–Crippen MR) is 127 cm³/mol. The second kappa shape index (κ2) is 12.7. The summed E-state index contributed by atoms with van der Waals surface area (Å²) >= 11 is 17.3. The van der Waals surface area contributed by atoms with Gasteiger partial charge in [-0.1, -0.05) is 45.2 Å². The van der Waals surface area contributed by atoms with Gasteiger partial charge in [-0.2, -0.15) is 11.8 Å². The SMILES string of the molecule is CCOc1cc(CNC(CCSC)C(=O)O)c(Br)cc1OCc1ccc(Cl)cc1Cl. The average Bonchev–Trinajstić information content (AvgIpc) is 2.69. The second-order valence-electron chi connectivity index (χ2n) is 6.40. The Kier molecular flexibility index (Phi) is 10.6. The van der Waals surface area contributed by atoms with Gasteiger partial charge in [0.1, 0.15) is 12.6 Å². The molecule has 2 rings (SSSR count). The summed E-state index contributed by atoms with van der Waals surface area (Å²) in [6, 6.07) is 8.32. The van der Waals surface area contributed by atoms with Crippen LogP contribution in [-0.4, -0.2) is 35.7 Å². The molecule has 0 bridgehead atoms. The van der Waals surface area contributed by atoms with E-state index in [-0.39, 0.29) is 6.61 Å². The Morgan fingerprint density at radius 1 is 1.20 bits per heavy atom. The summed E-state index contributed by atoms with van der Waals surface area (Å²) in [4.78, 5) is 11.5. The minimum absolute atomic E-state index is 0.260. The summed E-state index contributed by atoms with van der Waals surface area (Å²) in [7, 11) is 0. The van der Waals surface area contributed by atoms with Crippen LogP contribution in [0.2, 0.25) is 10.0 Å². The molecular weight excluding hydrogens is 513 g/mol. The fraction of sp³-hybridized carbons (Fsp3) is 0.381. The quantitative estimate of drug-likeness (QED) is 0.345. The molecule has 0 amide bonds. The van der Waals surface area contributed by atoms with Gasteiger partial charge in [0.15, 0.2) is 11.5 Å². The fourth-order valence-corrected chi connectivity index (χ4v) is 4.07. The lowest BCUT2D eigenvalue weighted by molar-refractivity contribution is -0.139. The molecule has 2 aromatic carbocycles. The maximum absolute atomic E-state index is 11.5. The molecule has 0 radical (unpaired) electrons. The van der Waals surface area contributed by atoms with Crippen LogP contribution in [0.25, 0.3) is 0 Å². The molecule has 0 saturated carbocycles. The topological polar surface area (TPSA) is 67.8 Å². The van der Waals surface area contributed by atoms with Crippen molar-refractivity contribution in [1.29, 1.82) is 0 Å². The predicted octanol–water partition coefficient (Wildman–Crippen LogP) is 6.03. The molecule has 2 aromatic rings. The summed E-state index contributed by atoms with van der Waals surface area (Å²) in [5, 5.41) is 13.6. The van der Waals surface area contributed by atoms with Crippen LogP contribution in [0.4, 0.5) is 0 Å². The van der Waals surface area contributed by atoms with E-state index in [1.165, 1.54) is 0 Å². The van der Waals surface area contributed by atoms with E-state index in [1.54, 1.807) is 23.9 Å². The lowest BCUT2D eigenvalue weighted by atomic mass is 10.1. The van der Waals surface area contributed by atoms with E-state index < -0.39 is 12.0 Å². The maximum Gasteiger partial charge on any atom is 0.320 e. The standard InChI is InChI=1S/C21H24BrCl2NO4S/c1-3-28-19-8-14(11-25-18(21(26)27)6-7-30-2)16(22)10-20(19)29-12-13-4-5-15(23)9-17(13)24/h4-5,8-10,18,25H,3,6-7,11-12H2,1-2H3,(H,26,27). The molecule has 5 nitrogen and oxygen atoms in total. The molecule has 2 N–H and O–H groups in total. The lowest BCUT2D eigenvalue weighted by Gasteiger charge is -2.18. The number of aliphatic carboxylic acids is 1. The first-order valence-corrected chi connectivity index (χ1v) is 12.3. The Labute approximate surface area is 199 Å². The number of benzene rings is 2. The Morgan fingerprint density at radius 3 is 2.57 bits per heavy atom. The van der Waals surface area contributed by atoms with Crippen LogP contribution in [0.3, 0.4) is 0 Å². The molecule has 1 atom stereocenters. The first-order chi connectivity index (χ1) is 14.3. The Morgan fingerprint density at radius 2 is 1.93 bits per heavy atom. The minimum atomic E-state index is -0.856. The number of carbonyl (C=O) groups is 1. The maximum atomic E-state index is 11.5. The number of carboxylic acid groups (broad SMARTS) is 1. The van der Waals surface area contributed by atoms with Crippen molar-refractivity contribution in [2.75, 3.05) is 18.6 Å². The van der Waals surface area contributed by atoms with E-state index in [2.05, 4.69) is 21.2 Å². The van der Waals surface area contributed by atoms with Crippen molar-refractivity contribution in [3.63, 3.8) is 0 Å². The molecule has 0 aliphatic carbocycles. The first-order valence-electron chi connectivity index (χ1n) is 9.32. The zero-order chi connectivity index (χ0) is 22.1. The van der Waals surface area contributed by atoms with Crippen molar-refractivity contribution in [2.24, 2.45) is 0 Å². The van der Waals surface area contributed by atoms with E-state index in [4.69, 9.17) is 32.7 Å². The monoisotopic (exact) mass is 535 g/mol. The molecule has 0 spiro atoms. The van der Waals surface area contributed by atoms with Crippen LogP contribution in [0.15, 0.2) is 34.8 Å². The summed E-state index contributed by atoms with van der Waals surface area (Å²) in [6.45, 7) is 3.01. The van der Waals surface area contributed by atoms with Gasteiger partial charge in [-0.3, -0.25) is 4.79 Å². The Hall–Kier alpha value is -1.12. The molecule has 1 unspecified atom stereocenters. The van der Waals surface area contributed by atoms with Gasteiger partial charge >= 0.3 is 5.97 Å². The number of ether oxygens (including phenoxy) is 2. The smallest absolute Gasteiger partial charge is 0.320 e. The molecule has 0 fully saturated rings. The van der Waals surface area contributed by atoms with Gasteiger partial charge in [0, 0.05) is 26.6 Å². The average molecular weight is 537 g/mol. The number of halogens is 3. The molecule has 0 aliphatic heterocycles. The molecule has 0 aliphatic rings. The third-order valence-corrected chi connectivity index (χ3v) is 6.23. The van der Waals surface area contributed by atoms with Gasteiger partial charge in [-0.15, -0.1) is 0 Å². The second-order valence-corrected chi connectivity index (χ2v) is 9.08. The molecule has 30 heavy (non-hydrogen) atoms. The van der Waals surface area contributed by atoms with Crippen LogP contribution < -0.4 is 14.8 Å². The van der Waals surface area contributed by atoms with Gasteiger partial charge < -0.3 is 19.9 Å². The zero-order valence-electron chi connectivity index (χ0n) is 16.7. The number of hydrogen-bond acceptors (Lipinski definition) is 5. The summed E-state index contributed by atoms with van der Waals surface area (Å²) in [5.41, 5.74) is 1.69. The number of nitrogens with one attached hydrogen (secondary N) is 1. The molecular formula is C21H24BrCl2NO4S. The number of carboxylic acids is 1. The minimum Gasteiger partial charge on any atom is -0.490 e. The Balaban J connectivity index is 2.14. The van der Waals surface area contributed by atoms with E-state index in [0.717, 1.165) is 21.4 Å². The third-order valence-electron chi connectivity index (χ3n) is 4.26. The first kappa shape index (κ1) is 25.1. The van der Waals surface area contributed by atoms with Crippen molar-refractivity contribution in [2.45, 2.75) is 32.5 Å². The van der Waals surface area contributed by atoms with Crippen LogP contribution >= 0.6 is 50.9 Å². The van der Waals surface area contributed by atoms with E-state index in [1.807, 2.05) is 31.4 Å². The highest BCUT2D eigenvalue weighted by atomic mass is 79.9. The number of hydrogen-bond donors (Lipinski definition) is 2. The largest absolute Gasteiger partial charge is 0.490 e. The van der Waals surface area contributed by atoms with E-state index in [9.17, 15) is 9.90 Å². The molecule has 164 valence electrons. The lowest BCUT2D eigenvalue weighted by Crippen LogP contribution is -2.36. The van der Waals surface area contributed by atoms with Gasteiger partial charge in [-0.25, -0.2) is 0 Å². The molecule has 9 heteroatoms. The van der Waals surface area contributed by atoms with Crippen LogP contribution in [-0.2, 0) is 17.9 Å². The van der Waals surface area contributed by atoms with Crippen molar-refractivity contribution < 1.29 is 19.4 Å². The highest BCUT2D eigenvalue weighted by Gasteiger charge is 2.18. The van der Waals surface area contributed by atoms with Crippen molar-refractivity contribution in [1.82, 2.24) is 5.32 Å². The Bertz CT molecular complexity index is 869. The summed E-state index contributed by atoms with van der Waals surface area (Å²) < 4.78 is 12.5. The van der Waals surface area contributed by atoms with Gasteiger partial charge in [0.2, 0.25) is 0 Å². The van der Waals surface area contributed by atoms with Gasteiger partial charge in [0.25, 0.3) is 0 Å². The summed E-state index contributed by atoms with van der Waals surface area (Å²) in [5.74, 6) is 1.06. The van der Waals surface area contributed by atoms with Crippen LogP contribution in [0.5, 0.6) is 11.5 Å². The fourth-order valence-electron chi connectivity index (χ4n) is 2.67. The van der Waals surface area contributed by atoms with Crippen LogP contribution in [0.1, 0.15) is 24.5 Å². The van der Waals surface area contributed by atoms with Crippen molar-refractivity contribution >= 4 is 56.9 Å². The molecule has 0 saturated heterocycles. The molecule has 0 aromatic heterocycles. The van der Waals surface area contributed by atoms with E-state index in [0.29, 0.717) is 41.1 Å². The van der Waals surface area contributed by atoms with Crippen molar-refractivity contribution in [3.8, 4) is 11.5 Å². The third kappa shape index (κ3) is 7.54. The normalized spacial score (nSPS) is 11.9. The zero-order valence-corrected chi connectivity index (χ0v) is 20.6. The molecule has 0 heterocycles. The highest BCUT2D eigenvalue weighted by Crippen LogP contribution is 2.35. The van der Waals surface area contributed by atoms with Crippen molar-refractivity contribution in [3.05, 3.63) is 56.0 Å². The number of rotatable bonds is 12. The number of thioether (sulfide) groups is 1. The van der Waals surface area contributed by atoms with E-state index >= 15 is 0 Å².